The van der Waals surface area contributed by atoms with E-state index in [-0.39, 0.29) is 0 Å². The van der Waals surface area contributed by atoms with Gasteiger partial charge < -0.3 is 0 Å². The van der Waals surface area contributed by atoms with E-state index in [0.717, 1.165) is 23.7 Å². The third-order valence-corrected chi connectivity index (χ3v) is 4.51. The highest BCUT2D eigenvalue weighted by atomic mass is 14.8. The molecule has 2 fully saturated rings. The van der Waals surface area contributed by atoms with E-state index < -0.39 is 0 Å². The fourth-order valence-corrected chi connectivity index (χ4v) is 3.80. The van der Waals surface area contributed by atoms with Crippen LogP contribution in [0, 0.1) is 11.8 Å². The van der Waals surface area contributed by atoms with Crippen LogP contribution in [0.2, 0.25) is 0 Å². The zero-order valence-electron chi connectivity index (χ0n) is 7.77. The normalized spacial score (nSPS) is 39.4. The van der Waals surface area contributed by atoms with Crippen LogP contribution < -0.4 is 0 Å². The highest BCUT2D eigenvalue weighted by molar-refractivity contribution is 5.93. The molecule has 14 heavy (non-hydrogen) atoms. The second-order valence-electron chi connectivity index (χ2n) is 5.00. The van der Waals surface area contributed by atoms with Crippen LogP contribution in [-0.2, 0) is 0 Å². The average molecular weight is 178 g/mol. The Morgan fingerprint density at radius 2 is 1.29 bits per heavy atom. The van der Waals surface area contributed by atoms with Crippen LogP contribution in [0.25, 0.3) is 10.8 Å². The first-order valence-electron chi connectivity index (χ1n) is 5.48. The summed E-state index contributed by atoms with van der Waals surface area (Å²) < 4.78 is 0. The van der Waals surface area contributed by atoms with Crippen molar-refractivity contribution in [1.82, 2.24) is 0 Å². The molecule has 2 aromatic rings. The van der Waals surface area contributed by atoms with Crippen molar-refractivity contribution in [3.8, 4) is 0 Å². The summed E-state index contributed by atoms with van der Waals surface area (Å²) in [5, 5.41) is 3.05. The summed E-state index contributed by atoms with van der Waals surface area (Å²) in [5.41, 5.74) is 3.30. The fraction of sp³-hybridized carbons (Fsp3) is 0.286. The molecule has 0 heterocycles. The van der Waals surface area contributed by atoms with Gasteiger partial charge in [0.15, 0.2) is 0 Å². The third-order valence-electron chi connectivity index (χ3n) is 4.51. The minimum Gasteiger partial charge on any atom is -0.0613 e. The maximum absolute atomic E-state index is 2.35. The molecule has 2 bridgehead atoms. The van der Waals surface area contributed by atoms with E-state index in [9.17, 15) is 0 Å². The van der Waals surface area contributed by atoms with Crippen LogP contribution >= 0.6 is 0 Å². The first kappa shape index (κ1) is 6.23. The van der Waals surface area contributed by atoms with Crippen molar-refractivity contribution in [2.75, 3.05) is 0 Å². The molecule has 0 aliphatic heterocycles. The monoisotopic (exact) mass is 178 g/mol. The Kier molecular flexibility index (Phi) is 0.724. The average Bonchev–Trinajstić information content (AvgIpc) is 3.08. The fourth-order valence-electron chi connectivity index (χ4n) is 3.80. The smallest absolute Gasteiger partial charge is 0.00810 e. The van der Waals surface area contributed by atoms with Crippen LogP contribution in [0.1, 0.15) is 23.0 Å². The summed E-state index contributed by atoms with van der Waals surface area (Å²) in [4.78, 5) is 0. The predicted octanol–water partition coefficient (Wildman–Crippen LogP) is 3.28. The van der Waals surface area contributed by atoms with Gasteiger partial charge >= 0.3 is 0 Å². The van der Waals surface area contributed by atoms with Gasteiger partial charge in [0.2, 0.25) is 0 Å². The summed E-state index contributed by atoms with van der Waals surface area (Å²) >= 11 is 0. The first-order valence-corrected chi connectivity index (χ1v) is 5.48. The van der Waals surface area contributed by atoms with Crippen molar-refractivity contribution in [2.45, 2.75) is 11.8 Å². The van der Waals surface area contributed by atoms with E-state index in [2.05, 4.69) is 36.4 Å². The molecule has 0 radical (unpaired) electrons. The van der Waals surface area contributed by atoms with Crippen LogP contribution in [-0.4, -0.2) is 0 Å². The Balaban J connectivity index is 2.08. The maximum atomic E-state index is 2.35. The van der Waals surface area contributed by atoms with Crippen molar-refractivity contribution < 1.29 is 0 Å². The lowest BCUT2D eigenvalue weighted by Crippen LogP contribution is -2.07. The third kappa shape index (κ3) is 0.462. The minimum absolute atomic E-state index is 0.957. The number of hydrogen-bond donors (Lipinski definition) is 0. The van der Waals surface area contributed by atoms with Gasteiger partial charge in [-0.05, 0) is 45.6 Å². The van der Waals surface area contributed by atoms with Crippen LogP contribution in [0.4, 0.5) is 0 Å². The first-order chi connectivity index (χ1) is 6.97. The van der Waals surface area contributed by atoms with Gasteiger partial charge in [-0.3, -0.25) is 0 Å². The quantitative estimate of drug-likeness (QED) is 0.580. The highest BCUT2D eigenvalue weighted by Gasteiger charge is 2.76. The molecule has 4 aliphatic rings. The lowest BCUT2D eigenvalue weighted by atomic mass is 9.80. The van der Waals surface area contributed by atoms with Gasteiger partial charge in [0.1, 0.15) is 0 Å². The summed E-state index contributed by atoms with van der Waals surface area (Å²) in [7, 11) is 0. The molecule has 0 unspecified atom stereocenters. The number of benzene rings is 2. The van der Waals surface area contributed by atoms with Crippen molar-refractivity contribution in [2.24, 2.45) is 11.8 Å². The Morgan fingerprint density at radius 3 is 1.86 bits per heavy atom. The standard InChI is InChI=1S/C14H10/c1-3-7-4-2-6-9-10(7)8(5-1)11-13-12(9)14(11)13/h1-6,11-14H. The Morgan fingerprint density at radius 1 is 0.714 bits per heavy atom. The van der Waals surface area contributed by atoms with Gasteiger partial charge in [0.25, 0.3) is 0 Å². The molecule has 0 amide bonds. The van der Waals surface area contributed by atoms with E-state index >= 15 is 0 Å². The minimum atomic E-state index is 0.957. The van der Waals surface area contributed by atoms with Crippen molar-refractivity contribution >= 4 is 10.8 Å². The molecule has 0 nitrogen and oxygen atoms in total. The summed E-state index contributed by atoms with van der Waals surface area (Å²) in [6, 6.07) is 13.6. The summed E-state index contributed by atoms with van der Waals surface area (Å²) in [5.74, 6) is 4.02. The molecule has 0 aromatic heterocycles. The van der Waals surface area contributed by atoms with E-state index in [1.807, 2.05) is 0 Å². The molecule has 6 rings (SSSR count). The molecule has 0 atom stereocenters. The highest BCUT2D eigenvalue weighted by Crippen LogP contribution is 2.85. The number of rotatable bonds is 0. The second-order valence-corrected chi connectivity index (χ2v) is 5.00. The van der Waals surface area contributed by atoms with Gasteiger partial charge in [-0.25, -0.2) is 0 Å². The van der Waals surface area contributed by atoms with E-state index in [0.29, 0.717) is 0 Å². The van der Waals surface area contributed by atoms with Crippen molar-refractivity contribution in [3.05, 3.63) is 47.5 Å². The van der Waals surface area contributed by atoms with E-state index in [1.165, 1.54) is 5.39 Å². The van der Waals surface area contributed by atoms with Crippen molar-refractivity contribution in [1.29, 1.82) is 0 Å². The van der Waals surface area contributed by atoms with Gasteiger partial charge in [-0.2, -0.15) is 0 Å². The molecule has 0 heteroatoms. The molecule has 0 spiro atoms. The van der Waals surface area contributed by atoms with Gasteiger partial charge in [-0.15, -0.1) is 0 Å². The Labute approximate surface area is 82.6 Å². The van der Waals surface area contributed by atoms with Gasteiger partial charge in [-0.1, -0.05) is 36.4 Å². The molecule has 2 saturated carbocycles. The molecular weight excluding hydrogens is 168 g/mol. The lowest BCUT2D eigenvalue weighted by molar-refractivity contribution is 0.673. The van der Waals surface area contributed by atoms with Crippen LogP contribution in [0.15, 0.2) is 36.4 Å². The van der Waals surface area contributed by atoms with E-state index in [4.69, 9.17) is 0 Å². The van der Waals surface area contributed by atoms with Crippen LogP contribution in [0.3, 0.4) is 0 Å². The molecule has 4 aliphatic carbocycles. The zero-order valence-corrected chi connectivity index (χ0v) is 7.77. The Bertz CT molecular complexity index is 525. The lowest BCUT2D eigenvalue weighted by Gasteiger charge is -2.23. The molecule has 0 saturated heterocycles. The molecule has 2 aromatic carbocycles. The maximum Gasteiger partial charge on any atom is -0.00810 e. The van der Waals surface area contributed by atoms with E-state index in [1.54, 1.807) is 16.5 Å². The molecule has 66 valence electrons. The van der Waals surface area contributed by atoms with Gasteiger partial charge in [0.05, 0.1) is 0 Å². The van der Waals surface area contributed by atoms with Crippen LogP contribution in [0.5, 0.6) is 0 Å². The van der Waals surface area contributed by atoms with Crippen molar-refractivity contribution in [3.63, 3.8) is 0 Å². The summed E-state index contributed by atoms with van der Waals surface area (Å²) in [6.45, 7) is 0. The zero-order chi connectivity index (χ0) is 8.86. The SMILES string of the molecule is c1cc2c3c(cccc3c1)C1C3C2C13. The largest absolute Gasteiger partial charge is 0.0613 e. The predicted molar refractivity (Wildman–Crippen MR) is 56.4 cm³/mol. The van der Waals surface area contributed by atoms with Gasteiger partial charge in [0, 0.05) is 0 Å². The summed E-state index contributed by atoms with van der Waals surface area (Å²) in [6.07, 6.45) is 0. The molecule has 0 N–H and O–H groups in total. The topological polar surface area (TPSA) is 0 Å². The number of hydrogen-bond acceptors (Lipinski definition) is 0. The Hall–Kier alpha value is -1.30. The molecular formula is C14H10. The second kappa shape index (κ2) is 1.63.